The minimum absolute atomic E-state index is 0.821. The summed E-state index contributed by atoms with van der Waals surface area (Å²) in [4.78, 5) is 2.47. The Balaban J connectivity index is 3.52. The molecule has 0 aliphatic carbocycles. The number of nitrogens with zero attached hydrogens (tertiary/aromatic N) is 1. The summed E-state index contributed by atoms with van der Waals surface area (Å²) in [5, 5.41) is 0. The first-order valence-electron chi connectivity index (χ1n) is 5.46. The summed E-state index contributed by atoms with van der Waals surface area (Å²) in [6.45, 7) is 7.99. The highest BCUT2D eigenvalue weighted by Gasteiger charge is 2.09. The maximum absolute atomic E-state index is 2.47. The van der Waals surface area contributed by atoms with Crippen LogP contribution in [-0.4, -0.2) is 24.5 Å². The lowest BCUT2D eigenvalue weighted by molar-refractivity contribution is 0.230. The van der Waals surface area contributed by atoms with Gasteiger partial charge in [0.05, 0.1) is 0 Å². The van der Waals surface area contributed by atoms with E-state index in [1.807, 2.05) is 0 Å². The van der Waals surface area contributed by atoms with Crippen molar-refractivity contribution in [1.82, 2.24) is 4.90 Å². The molecule has 74 valence electrons. The van der Waals surface area contributed by atoms with Crippen LogP contribution in [0.2, 0.25) is 0 Å². The van der Waals surface area contributed by atoms with Crippen molar-refractivity contribution in [3.05, 3.63) is 0 Å². The van der Waals surface area contributed by atoms with E-state index in [0.29, 0.717) is 0 Å². The molecule has 0 N–H and O–H groups in total. The van der Waals surface area contributed by atoms with Crippen molar-refractivity contribution in [1.29, 1.82) is 0 Å². The molecule has 12 heavy (non-hydrogen) atoms. The van der Waals surface area contributed by atoms with Gasteiger partial charge in [-0.1, -0.05) is 40.0 Å². The largest absolute Gasteiger partial charge is 0.304 e. The van der Waals surface area contributed by atoms with E-state index in [4.69, 9.17) is 0 Å². The second-order valence-corrected chi connectivity index (χ2v) is 3.63. The van der Waals surface area contributed by atoms with Crippen molar-refractivity contribution in [2.45, 2.75) is 58.9 Å². The Morgan fingerprint density at radius 1 is 1.08 bits per heavy atom. The predicted molar refractivity (Wildman–Crippen MR) is 56.5 cm³/mol. The van der Waals surface area contributed by atoms with Gasteiger partial charge >= 0.3 is 0 Å². The molecule has 0 amide bonds. The molecule has 0 aliphatic heterocycles. The Morgan fingerprint density at radius 3 is 2.17 bits per heavy atom. The number of rotatable bonds is 7. The first-order valence-corrected chi connectivity index (χ1v) is 5.46. The lowest BCUT2D eigenvalue weighted by Gasteiger charge is -2.25. The van der Waals surface area contributed by atoms with Crippen LogP contribution in [-0.2, 0) is 0 Å². The van der Waals surface area contributed by atoms with E-state index < -0.39 is 0 Å². The van der Waals surface area contributed by atoms with E-state index in [1.54, 1.807) is 0 Å². The zero-order valence-corrected chi connectivity index (χ0v) is 9.27. The first kappa shape index (κ1) is 12.0. The minimum atomic E-state index is 0.821. The van der Waals surface area contributed by atoms with E-state index >= 15 is 0 Å². The van der Waals surface area contributed by atoms with E-state index in [-0.39, 0.29) is 0 Å². The molecule has 0 fully saturated rings. The maximum atomic E-state index is 2.47. The molecule has 0 aromatic heterocycles. The fraction of sp³-hybridized carbons (Fsp3) is 1.00. The van der Waals surface area contributed by atoms with Gasteiger partial charge in [-0.3, -0.25) is 0 Å². The van der Waals surface area contributed by atoms with Crippen LogP contribution in [0.4, 0.5) is 0 Å². The lowest BCUT2D eigenvalue weighted by atomic mass is 10.1. The van der Waals surface area contributed by atoms with Gasteiger partial charge in [0.2, 0.25) is 0 Å². The smallest absolute Gasteiger partial charge is 0.00894 e. The fourth-order valence-electron chi connectivity index (χ4n) is 1.62. The molecular weight excluding hydrogens is 146 g/mol. The molecule has 1 atom stereocenters. The predicted octanol–water partition coefficient (Wildman–Crippen LogP) is 3.30. The molecule has 0 spiro atoms. The SMILES string of the molecule is CCCCCC(CC)N(C)CC. The Hall–Kier alpha value is -0.0400. The number of unbranched alkanes of at least 4 members (excludes halogenated alkanes) is 2. The summed E-state index contributed by atoms with van der Waals surface area (Å²) < 4.78 is 0. The lowest BCUT2D eigenvalue weighted by Crippen LogP contribution is -2.30. The third kappa shape index (κ3) is 4.76. The van der Waals surface area contributed by atoms with Gasteiger partial charge < -0.3 is 4.90 Å². The summed E-state index contributed by atoms with van der Waals surface area (Å²) in [5.41, 5.74) is 0. The van der Waals surface area contributed by atoms with Crippen LogP contribution in [0.3, 0.4) is 0 Å². The third-order valence-corrected chi connectivity index (χ3v) is 2.73. The van der Waals surface area contributed by atoms with Gasteiger partial charge in [0.15, 0.2) is 0 Å². The second-order valence-electron chi connectivity index (χ2n) is 3.63. The third-order valence-electron chi connectivity index (χ3n) is 2.73. The van der Waals surface area contributed by atoms with Gasteiger partial charge in [-0.25, -0.2) is 0 Å². The molecule has 1 nitrogen and oxygen atoms in total. The van der Waals surface area contributed by atoms with Gasteiger partial charge in [-0.15, -0.1) is 0 Å². The first-order chi connectivity index (χ1) is 5.76. The zero-order valence-electron chi connectivity index (χ0n) is 9.27. The van der Waals surface area contributed by atoms with Crippen LogP contribution in [0, 0.1) is 0 Å². The highest BCUT2D eigenvalue weighted by Crippen LogP contribution is 2.11. The van der Waals surface area contributed by atoms with E-state index in [9.17, 15) is 0 Å². The van der Waals surface area contributed by atoms with Gasteiger partial charge in [-0.05, 0) is 26.4 Å². The molecule has 0 aliphatic rings. The van der Waals surface area contributed by atoms with Crippen LogP contribution < -0.4 is 0 Å². The number of hydrogen-bond donors (Lipinski definition) is 0. The normalized spacial score (nSPS) is 13.8. The monoisotopic (exact) mass is 171 g/mol. The minimum Gasteiger partial charge on any atom is -0.304 e. The van der Waals surface area contributed by atoms with Crippen molar-refractivity contribution in [3.63, 3.8) is 0 Å². The average molecular weight is 171 g/mol. The van der Waals surface area contributed by atoms with Gasteiger partial charge in [0, 0.05) is 6.04 Å². The highest BCUT2D eigenvalue weighted by molar-refractivity contribution is 4.65. The Bertz CT molecular complexity index is 91.0. The van der Waals surface area contributed by atoms with Crippen molar-refractivity contribution in [3.8, 4) is 0 Å². The number of hydrogen-bond acceptors (Lipinski definition) is 1. The molecule has 0 radical (unpaired) electrons. The van der Waals surface area contributed by atoms with Crippen LogP contribution in [0.25, 0.3) is 0 Å². The molecule has 1 heteroatoms. The fourth-order valence-corrected chi connectivity index (χ4v) is 1.62. The van der Waals surface area contributed by atoms with E-state index in [1.165, 1.54) is 38.6 Å². The molecule has 0 heterocycles. The summed E-state index contributed by atoms with van der Waals surface area (Å²) >= 11 is 0. The van der Waals surface area contributed by atoms with Crippen molar-refractivity contribution in [2.75, 3.05) is 13.6 Å². The van der Waals surface area contributed by atoms with Crippen LogP contribution in [0.5, 0.6) is 0 Å². The Labute approximate surface area is 78.1 Å². The van der Waals surface area contributed by atoms with Crippen LogP contribution in [0.15, 0.2) is 0 Å². The molecule has 0 aromatic carbocycles. The quantitative estimate of drug-likeness (QED) is 0.531. The molecule has 1 unspecified atom stereocenters. The van der Waals surface area contributed by atoms with Crippen molar-refractivity contribution < 1.29 is 0 Å². The van der Waals surface area contributed by atoms with Crippen LogP contribution >= 0.6 is 0 Å². The molecule has 0 rings (SSSR count). The van der Waals surface area contributed by atoms with Gasteiger partial charge in [0.25, 0.3) is 0 Å². The molecule has 0 bridgehead atoms. The van der Waals surface area contributed by atoms with E-state index in [2.05, 4.69) is 32.7 Å². The molecular formula is C11H25N. The Morgan fingerprint density at radius 2 is 1.75 bits per heavy atom. The van der Waals surface area contributed by atoms with E-state index in [0.717, 1.165) is 6.04 Å². The highest BCUT2D eigenvalue weighted by atomic mass is 15.1. The van der Waals surface area contributed by atoms with Gasteiger partial charge in [-0.2, -0.15) is 0 Å². The molecule has 0 aromatic rings. The van der Waals surface area contributed by atoms with Crippen molar-refractivity contribution in [2.24, 2.45) is 0 Å². The van der Waals surface area contributed by atoms with Gasteiger partial charge in [0.1, 0.15) is 0 Å². The Kier molecular flexibility index (Phi) is 7.58. The standard InChI is InChI=1S/C11H25N/c1-5-8-9-10-11(6-2)12(4)7-3/h11H,5-10H2,1-4H3. The molecule has 0 saturated heterocycles. The summed E-state index contributed by atoms with van der Waals surface area (Å²) in [6.07, 6.45) is 6.82. The summed E-state index contributed by atoms with van der Waals surface area (Å²) in [7, 11) is 2.24. The summed E-state index contributed by atoms with van der Waals surface area (Å²) in [5.74, 6) is 0. The summed E-state index contributed by atoms with van der Waals surface area (Å²) in [6, 6.07) is 0.821. The molecule has 0 saturated carbocycles. The average Bonchev–Trinajstić information content (AvgIpc) is 2.11. The van der Waals surface area contributed by atoms with Crippen LogP contribution in [0.1, 0.15) is 52.9 Å². The maximum Gasteiger partial charge on any atom is 0.00894 e. The topological polar surface area (TPSA) is 3.24 Å². The second kappa shape index (κ2) is 7.60. The van der Waals surface area contributed by atoms with Crippen molar-refractivity contribution >= 4 is 0 Å². The zero-order chi connectivity index (χ0) is 9.40.